The summed E-state index contributed by atoms with van der Waals surface area (Å²) in [5.41, 5.74) is 5.93. The van der Waals surface area contributed by atoms with Crippen molar-refractivity contribution in [2.75, 3.05) is 19.6 Å². The maximum atomic E-state index is 5.93. The van der Waals surface area contributed by atoms with Crippen LogP contribution in [0.3, 0.4) is 0 Å². The number of likely N-dealkylation sites (tertiary alicyclic amines) is 1. The molecule has 1 unspecified atom stereocenters. The minimum Gasteiger partial charge on any atom is -0.328 e. The van der Waals surface area contributed by atoms with Crippen LogP contribution in [-0.2, 0) is 0 Å². The summed E-state index contributed by atoms with van der Waals surface area (Å²) in [6.45, 7) is 8.29. The minimum absolute atomic E-state index is 0.396. The Hall–Kier alpha value is -0.0800. The van der Waals surface area contributed by atoms with Crippen molar-refractivity contribution in [1.82, 2.24) is 4.90 Å². The van der Waals surface area contributed by atoms with Gasteiger partial charge in [-0.05, 0) is 51.7 Å². The average Bonchev–Trinajstić information content (AvgIpc) is 2.25. The molecule has 1 heterocycles. The second kappa shape index (κ2) is 7.24. The fraction of sp³-hybridized carbons (Fsp3) is 1.00. The molecule has 0 aliphatic carbocycles. The van der Waals surface area contributed by atoms with Gasteiger partial charge in [0.1, 0.15) is 0 Å². The topological polar surface area (TPSA) is 29.3 Å². The average molecular weight is 212 g/mol. The lowest BCUT2D eigenvalue weighted by Gasteiger charge is -2.33. The van der Waals surface area contributed by atoms with Gasteiger partial charge in [-0.2, -0.15) is 0 Å². The SMILES string of the molecule is CCCCCCN1CCC(C(C)N)CC1. The molecule has 0 aromatic heterocycles. The fourth-order valence-electron chi connectivity index (χ4n) is 2.46. The second-order valence-corrected chi connectivity index (χ2v) is 5.10. The molecule has 2 nitrogen and oxygen atoms in total. The van der Waals surface area contributed by atoms with Crippen LogP contribution in [0.4, 0.5) is 0 Å². The Kier molecular flexibility index (Phi) is 6.26. The summed E-state index contributed by atoms with van der Waals surface area (Å²) in [5, 5.41) is 0. The van der Waals surface area contributed by atoms with Gasteiger partial charge in [-0.15, -0.1) is 0 Å². The molecule has 1 fully saturated rings. The summed E-state index contributed by atoms with van der Waals surface area (Å²) in [6.07, 6.45) is 8.15. The molecule has 0 bridgehead atoms. The molecule has 0 saturated carbocycles. The third-order valence-corrected chi connectivity index (χ3v) is 3.70. The number of nitrogens with two attached hydrogens (primary N) is 1. The van der Waals surface area contributed by atoms with E-state index in [4.69, 9.17) is 5.73 Å². The normalized spacial score (nSPS) is 21.8. The maximum Gasteiger partial charge on any atom is 0.00397 e. The highest BCUT2D eigenvalue weighted by molar-refractivity contribution is 4.77. The van der Waals surface area contributed by atoms with Gasteiger partial charge in [-0.25, -0.2) is 0 Å². The van der Waals surface area contributed by atoms with Gasteiger partial charge in [0.2, 0.25) is 0 Å². The molecule has 2 N–H and O–H groups in total. The standard InChI is InChI=1S/C13H28N2/c1-3-4-5-6-9-15-10-7-13(8-11-15)12(2)14/h12-13H,3-11,14H2,1-2H3. The molecule has 0 amide bonds. The van der Waals surface area contributed by atoms with Gasteiger partial charge >= 0.3 is 0 Å². The number of hydrogen-bond acceptors (Lipinski definition) is 2. The molecular formula is C13H28N2. The van der Waals surface area contributed by atoms with Crippen molar-refractivity contribution in [2.45, 2.75) is 58.4 Å². The van der Waals surface area contributed by atoms with E-state index < -0.39 is 0 Å². The Morgan fingerprint density at radius 2 is 1.87 bits per heavy atom. The Morgan fingerprint density at radius 3 is 2.40 bits per heavy atom. The van der Waals surface area contributed by atoms with Crippen LogP contribution in [-0.4, -0.2) is 30.6 Å². The van der Waals surface area contributed by atoms with E-state index in [0.717, 1.165) is 5.92 Å². The number of piperidine rings is 1. The van der Waals surface area contributed by atoms with E-state index >= 15 is 0 Å². The summed E-state index contributed by atoms with van der Waals surface area (Å²) in [6, 6.07) is 0.396. The van der Waals surface area contributed by atoms with Crippen LogP contribution in [0.15, 0.2) is 0 Å². The van der Waals surface area contributed by atoms with Crippen molar-refractivity contribution in [3.63, 3.8) is 0 Å². The highest BCUT2D eigenvalue weighted by Crippen LogP contribution is 2.19. The summed E-state index contributed by atoms with van der Waals surface area (Å²) >= 11 is 0. The van der Waals surface area contributed by atoms with Crippen molar-refractivity contribution >= 4 is 0 Å². The number of nitrogens with zero attached hydrogens (tertiary/aromatic N) is 1. The van der Waals surface area contributed by atoms with Crippen LogP contribution in [0.25, 0.3) is 0 Å². The Morgan fingerprint density at radius 1 is 1.20 bits per heavy atom. The van der Waals surface area contributed by atoms with Gasteiger partial charge in [0.05, 0.1) is 0 Å². The first-order valence-corrected chi connectivity index (χ1v) is 6.72. The van der Waals surface area contributed by atoms with Gasteiger partial charge < -0.3 is 10.6 Å². The second-order valence-electron chi connectivity index (χ2n) is 5.10. The predicted molar refractivity (Wildman–Crippen MR) is 67.0 cm³/mol. The van der Waals surface area contributed by atoms with Crippen LogP contribution in [0.5, 0.6) is 0 Å². The van der Waals surface area contributed by atoms with E-state index in [-0.39, 0.29) is 0 Å². The largest absolute Gasteiger partial charge is 0.328 e. The highest BCUT2D eigenvalue weighted by Gasteiger charge is 2.21. The summed E-state index contributed by atoms with van der Waals surface area (Å²) in [4.78, 5) is 2.62. The van der Waals surface area contributed by atoms with Crippen molar-refractivity contribution < 1.29 is 0 Å². The van der Waals surface area contributed by atoms with E-state index in [1.54, 1.807) is 0 Å². The summed E-state index contributed by atoms with van der Waals surface area (Å²) in [5.74, 6) is 0.775. The van der Waals surface area contributed by atoms with Gasteiger partial charge in [0.25, 0.3) is 0 Å². The molecule has 1 saturated heterocycles. The fourth-order valence-corrected chi connectivity index (χ4v) is 2.46. The summed E-state index contributed by atoms with van der Waals surface area (Å²) < 4.78 is 0. The molecule has 0 radical (unpaired) electrons. The van der Waals surface area contributed by atoms with E-state index in [1.165, 1.54) is 58.2 Å². The lowest BCUT2D eigenvalue weighted by atomic mass is 9.91. The predicted octanol–water partition coefficient (Wildman–Crippen LogP) is 2.63. The maximum absolute atomic E-state index is 5.93. The van der Waals surface area contributed by atoms with Crippen LogP contribution < -0.4 is 5.73 Å². The molecule has 15 heavy (non-hydrogen) atoms. The Balaban J connectivity index is 2.04. The van der Waals surface area contributed by atoms with Crippen LogP contribution in [0, 0.1) is 5.92 Å². The van der Waals surface area contributed by atoms with Crippen LogP contribution in [0.2, 0.25) is 0 Å². The van der Waals surface area contributed by atoms with Crippen molar-refractivity contribution in [3.05, 3.63) is 0 Å². The first-order chi connectivity index (χ1) is 7.24. The zero-order valence-electron chi connectivity index (χ0n) is 10.5. The quantitative estimate of drug-likeness (QED) is 0.686. The van der Waals surface area contributed by atoms with Gasteiger partial charge in [-0.3, -0.25) is 0 Å². The molecule has 1 atom stereocenters. The molecule has 1 rings (SSSR count). The molecule has 0 aromatic rings. The smallest absolute Gasteiger partial charge is 0.00397 e. The van der Waals surface area contributed by atoms with Gasteiger partial charge in [-0.1, -0.05) is 26.2 Å². The Bertz CT molecular complexity index is 149. The van der Waals surface area contributed by atoms with Crippen LogP contribution >= 0.6 is 0 Å². The van der Waals surface area contributed by atoms with Crippen molar-refractivity contribution in [2.24, 2.45) is 11.7 Å². The van der Waals surface area contributed by atoms with Crippen LogP contribution in [0.1, 0.15) is 52.4 Å². The molecule has 2 heteroatoms. The van der Waals surface area contributed by atoms with E-state index in [1.807, 2.05) is 0 Å². The number of unbranched alkanes of at least 4 members (excludes halogenated alkanes) is 3. The molecule has 0 spiro atoms. The van der Waals surface area contributed by atoms with Crippen molar-refractivity contribution in [1.29, 1.82) is 0 Å². The van der Waals surface area contributed by atoms with E-state index in [0.29, 0.717) is 6.04 Å². The van der Waals surface area contributed by atoms with Gasteiger partial charge in [0.15, 0.2) is 0 Å². The number of rotatable bonds is 6. The third kappa shape index (κ3) is 4.98. The zero-order chi connectivity index (χ0) is 11.1. The first kappa shape index (κ1) is 13.0. The monoisotopic (exact) mass is 212 g/mol. The van der Waals surface area contributed by atoms with E-state index in [9.17, 15) is 0 Å². The molecule has 1 aliphatic rings. The highest BCUT2D eigenvalue weighted by atomic mass is 15.1. The zero-order valence-corrected chi connectivity index (χ0v) is 10.5. The first-order valence-electron chi connectivity index (χ1n) is 6.72. The molecule has 1 aliphatic heterocycles. The lowest BCUT2D eigenvalue weighted by Crippen LogP contribution is -2.40. The molecule has 0 aromatic carbocycles. The number of hydrogen-bond donors (Lipinski definition) is 1. The van der Waals surface area contributed by atoms with Gasteiger partial charge in [0, 0.05) is 6.04 Å². The van der Waals surface area contributed by atoms with E-state index in [2.05, 4.69) is 18.7 Å². The minimum atomic E-state index is 0.396. The molecule has 90 valence electrons. The summed E-state index contributed by atoms with van der Waals surface area (Å²) in [7, 11) is 0. The third-order valence-electron chi connectivity index (χ3n) is 3.70. The Labute approximate surface area is 95.2 Å². The lowest BCUT2D eigenvalue weighted by molar-refractivity contribution is 0.169. The molecular weight excluding hydrogens is 184 g/mol. The van der Waals surface area contributed by atoms with Crippen molar-refractivity contribution in [3.8, 4) is 0 Å².